The van der Waals surface area contributed by atoms with Gasteiger partial charge in [-0.15, -0.1) is 11.3 Å². The number of hydrogen-bond donors (Lipinski definition) is 1. The van der Waals surface area contributed by atoms with E-state index in [9.17, 15) is 0 Å². The number of aryl methyl sites for hydroxylation is 1. The van der Waals surface area contributed by atoms with Gasteiger partial charge in [0.15, 0.2) is 5.82 Å². The first-order valence-corrected chi connectivity index (χ1v) is 9.41. The summed E-state index contributed by atoms with van der Waals surface area (Å²) in [6.45, 7) is 6.15. The minimum absolute atomic E-state index is 0.543. The molecule has 23 heavy (non-hydrogen) atoms. The van der Waals surface area contributed by atoms with Gasteiger partial charge in [-0.1, -0.05) is 5.16 Å². The summed E-state index contributed by atoms with van der Waals surface area (Å²) in [6, 6.07) is 4.98. The number of nitrogens with zero attached hydrogens (tertiary/aromatic N) is 3. The van der Waals surface area contributed by atoms with Gasteiger partial charge >= 0.3 is 0 Å². The molecule has 1 atom stereocenters. The molecule has 0 aromatic carbocycles. The fourth-order valence-electron chi connectivity index (χ4n) is 3.22. The maximum absolute atomic E-state index is 5.36. The number of rotatable bonds is 6. The van der Waals surface area contributed by atoms with E-state index in [1.807, 2.05) is 11.3 Å². The number of likely N-dealkylation sites (tertiary alicyclic amines) is 1. The summed E-state index contributed by atoms with van der Waals surface area (Å²) in [5.41, 5.74) is 0. The minimum atomic E-state index is 0.543. The smallest absolute Gasteiger partial charge is 0.229 e. The quantitative estimate of drug-likeness (QED) is 0.881. The number of aromatic nitrogens is 2. The van der Waals surface area contributed by atoms with Gasteiger partial charge in [-0.05, 0) is 51.3 Å². The van der Waals surface area contributed by atoms with Crippen LogP contribution in [0, 0.1) is 6.92 Å². The molecule has 0 amide bonds. The predicted octanol–water partition coefficient (Wildman–Crippen LogP) is 3.07. The van der Waals surface area contributed by atoms with Crippen molar-refractivity contribution >= 4 is 11.3 Å². The summed E-state index contributed by atoms with van der Waals surface area (Å²) in [5.74, 6) is 2.24. The molecule has 124 valence electrons. The Morgan fingerprint density at radius 1 is 1.35 bits per heavy atom. The van der Waals surface area contributed by atoms with Crippen molar-refractivity contribution in [1.29, 1.82) is 0 Å². The summed E-state index contributed by atoms with van der Waals surface area (Å²) in [6.07, 6.45) is 4.90. The van der Waals surface area contributed by atoms with E-state index in [0.717, 1.165) is 37.9 Å². The molecule has 6 heteroatoms. The summed E-state index contributed by atoms with van der Waals surface area (Å²) in [4.78, 5) is 9.80. The maximum Gasteiger partial charge on any atom is 0.229 e. The van der Waals surface area contributed by atoms with E-state index in [0.29, 0.717) is 12.0 Å². The predicted molar refractivity (Wildman–Crippen MR) is 90.5 cm³/mol. The average molecular weight is 332 g/mol. The minimum Gasteiger partial charge on any atom is -0.339 e. The lowest BCUT2D eigenvalue weighted by atomic mass is 10.1. The van der Waals surface area contributed by atoms with Crippen LogP contribution in [0.4, 0.5) is 0 Å². The standard InChI is InChI=1S/C17H24N4OS/c1-12-4-7-15(23-12)9-18-14-3-2-8-21(10-14)11-16-19-17(22-20-16)13-5-6-13/h4,7,13-14,18H,2-3,5-6,8-11H2,1H3/t14-/m0/s1. The average Bonchev–Trinajstić information content (AvgIpc) is 3.16. The molecule has 0 spiro atoms. The Kier molecular flexibility index (Phi) is 4.46. The molecule has 4 rings (SSSR count). The lowest BCUT2D eigenvalue weighted by Crippen LogP contribution is -2.45. The number of nitrogens with one attached hydrogen (secondary N) is 1. The van der Waals surface area contributed by atoms with E-state index in [1.165, 1.54) is 35.4 Å². The Balaban J connectivity index is 1.27. The third-order valence-electron chi connectivity index (χ3n) is 4.64. The Bertz CT molecular complexity index is 649. The van der Waals surface area contributed by atoms with Gasteiger partial charge in [0.25, 0.3) is 0 Å². The molecule has 0 unspecified atom stereocenters. The summed E-state index contributed by atoms with van der Waals surface area (Å²) in [7, 11) is 0. The highest BCUT2D eigenvalue weighted by Gasteiger charge is 2.30. The molecule has 5 nitrogen and oxygen atoms in total. The fraction of sp³-hybridized carbons (Fsp3) is 0.647. The van der Waals surface area contributed by atoms with Crippen LogP contribution in [0.3, 0.4) is 0 Å². The van der Waals surface area contributed by atoms with E-state index in [2.05, 4.69) is 39.4 Å². The first-order chi connectivity index (χ1) is 11.3. The highest BCUT2D eigenvalue weighted by molar-refractivity contribution is 7.11. The maximum atomic E-state index is 5.36. The summed E-state index contributed by atoms with van der Waals surface area (Å²) >= 11 is 1.88. The van der Waals surface area contributed by atoms with E-state index < -0.39 is 0 Å². The molecule has 2 aromatic rings. The zero-order valence-corrected chi connectivity index (χ0v) is 14.4. The molecule has 1 saturated carbocycles. The molecule has 2 aliphatic rings. The second-order valence-corrected chi connectivity index (χ2v) is 8.16. The van der Waals surface area contributed by atoms with Crippen molar-refractivity contribution in [2.24, 2.45) is 0 Å². The van der Waals surface area contributed by atoms with Gasteiger partial charge in [0.2, 0.25) is 5.89 Å². The Morgan fingerprint density at radius 2 is 2.26 bits per heavy atom. The second-order valence-electron chi connectivity index (χ2n) is 6.79. The Labute approximate surface area is 141 Å². The Hall–Kier alpha value is -1.24. The topological polar surface area (TPSA) is 54.2 Å². The molecule has 2 fully saturated rings. The van der Waals surface area contributed by atoms with Gasteiger partial charge < -0.3 is 9.84 Å². The molecule has 1 N–H and O–H groups in total. The number of thiophene rings is 1. The second kappa shape index (κ2) is 6.71. The van der Waals surface area contributed by atoms with Crippen LogP contribution in [0.15, 0.2) is 16.7 Å². The highest BCUT2D eigenvalue weighted by atomic mass is 32.1. The number of piperidine rings is 1. The van der Waals surface area contributed by atoms with Crippen molar-refractivity contribution in [3.05, 3.63) is 33.6 Å². The van der Waals surface area contributed by atoms with Crippen LogP contribution < -0.4 is 5.32 Å². The van der Waals surface area contributed by atoms with Crippen molar-refractivity contribution in [3.8, 4) is 0 Å². The SMILES string of the molecule is Cc1ccc(CN[C@H]2CCCN(Cc3noc(C4CC4)n3)C2)s1. The van der Waals surface area contributed by atoms with Crippen LogP contribution in [-0.2, 0) is 13.1 Å². The van der Waals surface area contributed by atoms with Crippen LogP contribution >= 0.6 is 11.3 Å². The van der Waals surface area contributed by atoms with Gasteiger partial charge in [-0.25, -0.2) is 0 Å². The normalized spacial score (nSPS) is 22.6. The van der Waals surface area contributed by atoms with Crippen LogP contribution in [0.5, 0.6) is 0 Å². The van der Waals surface area contributed by atoms with Crippen LogP contribution in [0.2, 0.25) is 0 Å². The zero-order valence-electron chi connectivity index (χ0n) is 13.6. The van der Waals surface area contributed by atoms with Gasteiger partial charge in [-0.2, -0.15) is 4.98 Å². The molecular formula is C17H24N4OS. The first kappa shape index (κ1) is 15.3. The monoisotopic (exact) mass is 332 g/mol. The summed E-state index contributed by atoms with van der Waals surface area (Å²) < 4.78 is 5.36. The molecule has 1 aliphatic carbocycles. The van der Waals surface area contributed by atoms with E-state index in [1.54, 1.807) is 0 Å². The molecule has 1 saturated heterocycles. The van der Waals surface area contributed by atoms with E-state index in [4.69, 9.17) is 4.52 Å². The molecule has 2 aromatic heterocycles. The number of hydrogen-bond acceptors (Lipinski definition) is 6. The van der Waals surface area contributed by atoms with Crippen LogP contribution in [-0.4, -0.2) is 34.2 Å². The third kappa shape index (κ3) is 4.00. The van der Waals surface area contributed by atoms with Crippen molar-refractivity contribution < 1.29 is 4.52 Å². The molecule has 1 aliphatic heterocycles. The van der Waals surface area contributed by atoms with Crippen LogP contribution in [0.1, 0.15) is 53.1 Å². The van der Waals surface area contributed by atoms with Crippen LogP contribution in [0.25, 0.3) is 0 Å². The van der Waals surface area contributed by atoms with E-state index in [-0.39, 0.29) is 0 Å². The van der Waals surface area contributed by atoms with Crippen molar-refractivity contribution in [1.82, 2.24) is 20.4 Å². The molecular weight excluding hydrogens is 308 g/mol. The fourth-order valence-corrected chi connectivity index (χ4v) is 4.06. The van der Waals surface area contributed by atoms with Crippen molar-refractivity contribution in [3.63, 3.8) is 0 Å². The largest absolute Gasteiger partial charge is 0.339 e. The van der Waals surface area contributed by atoms with Gasteiger partial charge in [0.05, 0.1) is 6.54 Å². The Morgan fingerprint density at radius 3 is 3.04 bits per heavy atom. The van der Waals surface area contributed by atoms with Crippen molar-refractivity contribution in [2.75, 3.05) is 13.1 Å². The van der Waals surface area contributed by atoms with Gasteiger partial charge in [0.1, 0.15) is 0 Å². The zero-order chi connectivity index (χ0) is 15.6. The lowest BCUT2D eigenvalue weighted by molar-refractivity contribution is 0.177. The highest BCUT2D eigenvalue weighted by Crippen LogP contribution is 2.38. The lowest BCUT2D eigenvalue weighted by Gasteiger charge is -2.32. The van der Waals surface area contributed by atoms with E-state index >= 15 is 0 Å². The first-order valence-electron chi connectivity index (χ1n) is 8.60. The van der Waals surface area contributed by atoms with Gasteiger partial charge in [0, 0.05) is 34.8 Å². The van der Waals surface area contributed by atoms with Gasteiger partial charge in [-0.3, -0.25) is 4.90 Å². The summed E-state index contributed by atoms with van der Waals surface area (Å²) in [5, 5.41) is 7.85. The molecule has 3 heterocycles. The molecule has 0 bridgehead atoms. The van der Waals surface area contributed by atoms with Crippen molar-refractivity contribution in [2.45, 2.75) is 57.7 Å². The third-order valence-corrected chi connectivity index (χ3v) is 5.64. The molecule has 0 radical (unpaired) electrons.